The molecule has 0 aromatic carbocycles. The highest BCUT2D eigenvalue weighted by atomic mass is 32.2. The van der Waals surface area contributed by atoms with E-state index in [2.05, 4.69) is 26.1 Å². The Bertz CT molecular complexity index is 219. The minimum absolute atomic E-state index is 0.0242. The van der Waals surface area contributed by atoms with Crippen LogP contribution in [0.25, 0.3) is 0 Å². The quantitative estimate of drug-likeness (QED) is 0.773. The molecule has 88 valence electrons. The standard InChI is InChI=1S/C11H22N2OS/c1-11(2,3)8-13(4)10(14)9-7-15-6-5-12-9/h9,12H,5-8H2,1-4H3. The van der Waals surface area contributed by atoms with Gasteiger partial charge in [-0.3, -0.25) is 4.79 Å². The van der Waals surface area contributed by atoms with Gasteiger partial charge in [0.1, 0.15) is 0 Å². The van der Waals surface area contributed by atoms with E-state index in [1.807, 2.05) is 23.7 Å². The minimum Gasteiger partial charge on any atom is -0.344 e. The summed E-state index contributed by atoms with van der Waals surface area (Å²) in [5.74, 6) is 2.26. The summed E-state index contributed by atoms with van der Waals surface area (Å²) >= 11 is 1.86. The first-order valence-electron chi connectivity index (χ1n) is 5.46. The third-order valence-electron chi connectivity index (χ3n) is 2.31. The van der Waals surface area contributed by atoms with Gasteiger partial charge in [0.05, 0.1) is 6.04 Å². The fourth-order valence-electron chi connectivity index (χ4n) is 1.78. The Balaban J connectivity index is 2.44. The zero-order chi connectivity index (χ0) is 11.5. The van der Waals surface area contributed by atoms with Crippen LogP contribution in [0.2, 0.25) is 0 Å². The van der Waals surface area contributed by atoms with Gasteiger partial charge in [-0.15, -0.1) is 0 Å². The second kappa shape index (κ2) is 5.21. The Kier molecular flexibility index (Phi) is 4.46. The molecule has 1 aliphatic rings. The summed E-state index contributed by atoms with van der Waals surface area (Å²) in [5, 5.41) is 3.27. The summed E-state index contributed by atoms with van der Waals surface area (Å²) < 4.78 is 0. The zero-order valence-corrected chi connectivity index (χ0v) is 11.0. The molecule has 1 N–H and O–H groups in total. The number of carbonyl (C=O) groups excluding carboxylic acids is 1. The third-order valence-corrected chi connectivity index (χ3v) is 3.37. The van der Waals surface area contributed by atoms with E-state index < -0.39 is 0 Å². The van der Waals surface area contributed by atoms with Gasteiger partial charge in [0, 0.05) is 31.6 Å². The molecule has 1 heterocycles. The fourth-order valence-corrected chi connectivity index (χ4v) is 2.70. The Morgan fingerprint density at radius 2 is 2.20 bits per heavy atom. The molecular formula is C11H22N2OS. The summed E-state index contributed by atoms with van der Waals surface area (Å²) in [5.41, 5.74) is 0.173. The molecule has 0 radical (unpaired) electrons. The van der Waals surface area contributed by atoms with E-state index in [9.17, 15) is 4.79 Å². The molecule has 1 fully saturated rings. The number of thioether (sulfide) groups is 1. The molecule has 1 unspecified atom stereocenters. The van der Waals surface area contributed by atoms with Gasteiger partial charge in [-0.2, -0.15) is 11.8 Å². The third kappa shape index (κ3) is 4.43. The number of hydrogen-bond acceptors (Lipinski definition) is 3. The monoisotopic (exact) mass is 230 g/mol. The highest BCUT2D eigenvalue weighted by Crippen LogP contribution is 2.16. The summed E-state index contributed by atoms with van der Waals surface area (Å²) in [4.78, 5) is 13.9. The van der Waals surface area contributed by atoms with Crippen molar-refractivity contribution >= 4 is 17.7 Å². The molecule has 1 aliphatic heterocycles. The molecule has 3 nitrogen and oxygen atoms in total. The maximum Gasteiger partial charge on any atom is 0.240 e. The predicted octanol–water partition coefficient (Wildman–Crippen LogP) is 1.20. The zero-order valence-electron chi connectivity index (χ0n) is 10.2. The maximum absolute atomic E-state index is 12.0. The average Bonchev–Trinajstić information content (AvgIpc) is 2.15. The highest BCUT2D eigenvalue weighted by Gasteiger charge is 2.26. The smallest absolute Gasteiger partial charge is 0.240 e. The number of nitrogens with one attached hydrogen (secondary N) is 1. The first-order valence-corrected chi connectivity index (χ1v) is 6.62. The van der Waals surface area contributed by atoms with Crippen LogP contribution in [0, 0.1) is 5.41 Å². The first kappa shape index (κ1) is 12.8. The summed E-state index contributed by atoms with van der Waals surface area (Å²) in [6.07, 6.45) is 0. The number of amides is 1. The normalized spacial score (nSPS) is 22.5. The average molecular weight is 230 g/mol. The van der Waals surface area contributed by atoms with E-state index in [4.69, 9.17) is 0 Å². The molecule has 0 aromatic heterocycles. The van der Waals surface area contributed by atoms with Crippen LogP contribution in [-0.4, -0.2) is 48.5 Å². The van der Waals surface area contributed by atoms with E-state index in [-0.39, 0.29) is 17.4 Å². The summed E-state index contributed by atoms with van der Waals surface area (Å²) in [7, 11) is 1.90. The van der Waals surface area contributed by atoms with Crippen LogP contribution in [0.4, 0.5) is 0 Å². The lowest BCUT2D eigenvalue weighted by Gasteiger charge is -2.31. The first-order chi connectivity index (χ1) is 6.90. The molecule has 0 spiro atoms. The van der Waals surface area contributed by atoms with Crippen LogP contribution in [0.15, 0.2) is 0 Å². The number of rotatable bonds is 2. The van der Waals surface area contributed by atoms with Gasteiger partial charge >= 0.3 is 0 Å². The maximum atomic E-state index is 12.0. The van der Waals surface area contributed by atoms with Crippen LogP contribution in [0.3, 0.4) is 0 Å². The van der Waals surface area contributed by atoms with E-state index in [1.54, 1.807) is 0 Å². The second-order valence-corrected chi connectivity index (χ2v) is 6.49. The van der Waals surface area contributed by atoms with Crippen LogP contribution in [0.1, 0.15) is 20.8 Å². The molecule has 1 rings (SSSR count). The van der Waals surface area contributed by atoms with Crippen LogP contribution in [-0.2, 0) is 4.79 Å². The molecule has 0 aromatic rings. The Morgan fingerprint density at radius 1 is 1.53 bits per heavy atom. The number of hydrogen-bond donors (Lipinski definition) is 1. The molecule has 0 saturated carbocycles. The van der Waals surface area contributed by atoms with Crippen molar-refractivity contribution in [3.8, 4) is 0 Å². The van der Waals surface area contributed by atoms with Crippen molar-refractivity contribution in [1.82, 2.24) is 10.2 Å². The van der Waals surface area contributed by atoms with Crippen molar-refractivity contribution in [2.24, 2.45) is 5.41 Å². The molecule has 0 bridgehead atoms. The molecule has 1 saturated heterocycles. The van der Waals surface area contributed by atoms with E-state index in [0.717, 1.165) is 24.6 Å². The van der Waals surface area contributed by atoms with Crippen LogP contribution >= 0.6 is 11.8 Å². The number of nitrogens with zero attached hydrogens (tertiary/aromatic N) is 1. The van der Waals surface area contributed by atoms with Crippen LogP contribution < -0.4 is 5.32 Å². The molecule has 0 aliphatic carbocycles. The summed E-state index contributed by atoms with van der Waals surface area (Å²) in [6, 6.07) is 0.0242. The van der Waals surface area contributed by atoms with Gasteiger partial charge < -0.3 is 10.2 Å². The molecule has 4 heteroatoms. The van der Waals surface area contributed by atoms with E-state index in [1.165, 1.54) is 0 Å². The summed E-state index contributed by atoms with van der Waals surface area (Å²) in [6.45, 7) is 8.22. The predicted molar refractivity (Wildman–Crippen MR) is 66.2 cm³/mol. The van der Waals surface area contributed by atoms with Crippen molar-refractivity contribution < 1.29 is 4.79 Å². The van der Waals surface area contributed by atoms with Crippen molar-refractivity contribution in [1.29, 1.82) is 0 Å². The topological polar surface area (TPSA) is 32.3 Å². The number of carbonyl (C=O) groups is 1. The lowest BCUT2D eigenvalue weighted by Crippen LogP contribution is -2.50. The van der Waals surface area contributed by atoms with Crippen molar-refractivity contribution in [2.75, 3.05) is 31.6 Å². The van der Waals surface area contributed by atoms with Gasteiger partial charge in [0.15, 0.2) is 0 Å². The lowest BCUT2D eigenvalue weighted by atomic mass is 9.96. The Labute approximate surface area is 97.0 Å². The Hall–Kier alpha value is -0.220. The van der Waals surface area contributed by atoms with Crippen LogP contribution in [0.5, 0.6) is 0 Å². The van der Waals surface area contributed by atoms with Crippen molar-refractivity contribution in [2.45, 2.75) is 26.8 Å². The van der Waals surface area contributed by atoms with Crippen molar-refractivity contribution in [3.05, 3.63) is 0 Å². The molecule has 1 amide bonds. The van der Waals surface area contributed by atoms with Crippen molar-refractivity contribution in [3.63, 3.8) is 0 Å². The van der Waals surface area contributed by atoms with E-state index >= 15 is 0 Å². The number of likely N-dealkylation sites (N-methyl/N-ethyl adjacent to an activating group) is 1. The Morgan fingerprint density at radius 3 is 2.67 bits per heavy atom. The fraction of sp³-hybridized carbons (Fsp3) is 0.909. The van der Waals surface area contributed by atoms with Gasteiger partial charge in [0.25, 0.3) is 0 Å². The second-order valence-electron chi connectivity index (χ2n) is 5.34. The lowest BCUT2D eigenvalue weighted by molar-refractivity contribution is -0.132. The van der Waals surface area contributed by atoms with Gasteiger partial charge in [0.2, 0.25) is 5.91 Å². The van der Waals surface area contributed by atoms with Gasteiger partial charge in [-0.1, -0.05) is 20.8 Å². The minimum atomic E-state index is 0.0242. The largest absolute Gasteiger partial charge is 0.344 e. The highest BCUT2D eigenvalue weighted by molar-refractivity contribution is 7.99. The molecular weight excluding hydrogens is 208 g/mol. The van der Waals surface area contributed by atoms with Gasteiger partial charge in [-0.25, -0.2) is 0 Å². The molecule has 1 atom stereocenters. The van der Waals surface area contributed by atoms with E-state index in [0.29, 0.717) is 0 Å². The SMILES string of the molecule is CN(CC(C)(C)C)C(=O)C1CSCCN1. The van der Waals surface area contributed by atoms with Gasteiger partial charge in [-0.05, 0) is 5.41 Å². The molecule has 15 heavy (non-hydrogen) atoms.